The molecule has 6 nitrogen and oxygen atoms in total. The monoisotopic (exact) mass is 395 g/mol. The van der Waals surface area contributed by atoms with Crippen LogP contribution in [0.2, 0.25) is 0 Å². The van der Waals surface area contributed by atoms with Crippen LogP contribution in [-0.2, 0) is 22.3 Å². The van der Waals surface area contributed by atoms with Crippen LogP contribution >= 0.6 is 0 Å². The van der Waals surface area contributed by atoms with Crippen molar-refractivity contribution in [2.45, 2.75) is 32.2 Å². The maximum absolute atomic E-state index is 13.1. The number of alkyl halides is 3. The van der Waals surface area contributed by atoms with E-state index in [0.717, 1.165) is 6.07 Å². The molecule has 1 aromatic carbocycles. The molecule has 1 aromatic heterocycles. The second kappa shape index (κ2) is 8.14. The highest BCUT2D eigenvalue weighted by atomic mass is 19.4. The molecule has 1 aliphatic heterocycles. The third-order valence-corrected chi connectivity index (χ3v) is 4.46. The molecule has 0 N–H and O–H groups in total. The fourth-order valence-electron chi connectivity index (χ4n) is 3.08. The molecule has 0 amide bonds. The van der Waals surface area contributed by atoms with Crippen LogP contribution in [0.3, 0.4) is 0 Å². The number of ether oxygens (including phenoxy) is 2. The number of carbonyl (C=O) groups excluding carboxylic acids is 1. The van der Waals surface area contributed by atoms with Gasteiger partial charge in [-0.15, -0.1) is 0 Å². The second-order valence-corrected chi connectivity index (χ2v) is 6.51. The number of hydrogen-bond donors (Lipinski definition) is 0. The molecule has 0 saturated carbocycles. The van der Waals surface area contributed by atoms with Crippen LogP contribution in [0.15, 0.2) is 30.3 Å². The van der Waals surface area contributed by atoms with Gasteiger partial charge in [0.1, 0.15) is 0 Å². The summed E-state index contributed by atoms with van der Waals surface area (Å²) in [6, 6.07) is 6.92. The zero-order chi connectivity index (χ0) is 20.3. The van der Waals surface area contributed by atoms with Crippen molar-refractivity contribution in [3.05, 3.63) is 52.8 Å². The highest BCUT2D eigenvalue weighted by Crippen LogP contribution is 2.32. The van der Waals surface area contributed by atoms with Gasteiger partial charge in [0.2, 0.25) is 5.95 Å². The van der Waals surface area contributed by atoms with E-state index in [2.05, 4.69) is 9.97 Å². The first-order chi connectivity index (χ1) is 13.3. The van der Waals surface area contributed by atoms with Crippen molar-refractivity contribution in [1.82, 2.24) is 9.97 Å². The largest absolute Gasteiger partial charge is 0.464 e. The average molecular weight is 395 g/mol. The van der Waals surface area contributed by atoms with Gasteiger partial charge in [0.15, 0.2) is 5.69 Å². The molecular formula is C19H20F3N3O3. The zero-order valence-electron chi connectivity index (χ0n) is 15.5. The molecule has 1 fully saturated rings. The lowest BCUT2D eigenvalue weighted by Crippen LogP contribution is -2.26. The molecule has 150 valence electrons. The number of halogens is 3. The third kappa shape index (κ3) is 4.59. The summed E-state index contributed by atoms with van der Waals surface area (Å²) < 4.78 is 49.7. The van der Waals surface area contributed by atoms with E-state index < -0.39 is 17.7 Å². The minimum absolute atomic E-state index is 0.105. The lowest BCUT2D eigenvalue weighted by molar-refractivity contribution is -0.139. The first-order valence-corrected chi connectivity index (χ1v) is 8.73. The third-order valence-electron chi connectivity index (χ3n) is 4.46. The predicted molar refractivity (Wildman–Crippen MR) is 95.0 cm³/mol. The molecule has 28 heavy (non-hydrogen) atoms. The molecule has 1 saturated heterocycles. The summed E-state index contributed by atoms with van der Waals surface area (Å²) in [4.78, 5) is 22.1. The summed E-state index contributed by atoms with van der Waals surface area (Å²) in [5, 5.41) is 0. The summed E-state index contributed by atoms with van der Waals surface area (Å²) >= 11 is 0. The van der Waals surface area contributed by atoms with Crippen molar-refractivity contribution in [3.63, 3.8) is 0 Å². The minimum atomic E-state index is -4.42. The highest BCUT2D eigenvalue weighted by molar-refractivity contribution is 5.87. The van der Waals surface area contributed by atoms with Crippen LogP contribution in [0.5, 0.6) is 0 Å². The van der Waals surface area contributed by atoms with E-state index in [1.807, 2.05) is 4.90 Å². The normalized spacial score (nSPS) is 17.0. The Morgan fingerprint density at radius 1 is 1.29 bits per heavy atom. The second-order valence-electron chi connectivity index (χ2n) is 6.51. The Labute approximate surface area is 160 Å². The number of esters is 1. The van der Waals surface area contributed by atoms with Crippen molar-refractivity contribution in [2.24, 2.45) is 0 Å². The van der Waals surface area contributed by atoms with E-state index in [9.17, 15) is 18.0 Å². The Bertz CT molecular complexity index is 858. The van der Waals surface area contributed by atoms with Crippen LogP contribution in [0, 0.1) is 6.92 Å². The summed E-state index contributed by atoms with van der Waals surface area (Å²) in [5.74, 6) is -0.176. The number of nitrogens with zero attached hydrogens (tertiary/aromatic N) is 3. The quantitative estimate of drug-likeness (QED) is 0.724. The van der Waals surface area contributed by atoms with Crippen molar-refractivity contribution >= 4 is 11.9 Å². The van der Waals surface area contributed by atoms with E-state index in [1.165, 1.54) is 25.3 Å². The number of benzene rings is 1. The predicted octanol–water partition coefficient (Wildman–Crippen LogP) is 3.39. The minimum Gasteiger partial charge on any atom is -0.464 e. The van der Waals surface area contributed by atoms with Gasteiger partial charge in [0.25, 0.3) is 0 Å². The SMILES string of the molecule is COC(=O)c1cc(C)nc(N2CCC(OCc3ccccc3C(F)(F)F)C2)n1. The Morgan fingerprint density at radius 3 is 2.75 bits per heavy atom. The van der Waals surface area contributed by atoms with E-state index in [4.69, 9.17) is 9.47 Å². The fourth-order valence-corrected chi connectivity index (χ4v) is 3.08. The molecule has 3 rings (SSSR count). The van der Waals surface area contributed by atoms with Gasteiger partial charge in [-0.2, -0.15) is 13.2 Å². The number of hydrogen-bond acceptors (Lipinski definition) is 6. The van der Waals surface area contributed by atoms with Crippen molar-refractivity contribution < 1.29 is 27.4 Å². The van der Waals surface area contributed by atoms with Crippen molar-refractivity contribution in [2.75, 3.05) is 25.1 Å². The van der Waals surface area contributed by atoms with Crippen LogP contribution in [0.25, 0.3) is 0 Å². The van der Waals surface area contributed by atoms with Gasteiger partial charge in [-0.25, -0.2) is 14.8 Å². The molecule has 0 spiro atoms. The van der Waals surface area contributed by atoms with Crippen LogP contribution in [0.1, 0.15) is 33.7 Å². The summed E-state index contributed by atoms with van der Waals surface area (Å²) in [6.45, 7) is 2.62. The molecule has 1 aliphatic rings. The maximum Gasteiger partial charge on any atom is 0.416 e. The molecule has 9 heteroatoms. The van der Waals surface area contributed by atoms with Gasteiger partial charge in [-0.1, -0.05) is 18.2 Å². The van der Waals surface area contributed by atoms with Crippen LogP contribution in [0.4, 0.5) is 19.1 Å². The molecule has 0 bridgehead atoms. The first-order valence-electron chi connectivity index (χ1n) is 8.73. The van der Waals surface area contributed by atoms with Gasteiger partial charge < -0.3 is 14.4 Å². The first kappa shape index (κ1) is 20.1. The molecular weight excluding hydrogens is 375 g/mol. The van der Waals surface area contributed by atoms with Gasteiger partial charge >= 0.3 is 12.1 Å². The molecule has 2 heterocycles. The highest BCUT2D eigenvalue weighted by Gasteiger charge is 2.33. The van der Waals surface area contributed by atoms with E-state index in [0.29, 0.717) is 31.2 Å². The number of anilines is 1. The summed E-state index contributed by atoms with van der Waals surface area (Å²) in [7, 11) is 1.28. The smallest absolute Gasteiger partial charge is 0.416 e. The van der Waals surface area contributed by atoms with Gasteiger partial charge in [-0.05, 0) is 31.0 Å². The zero-order valence-corrected chi connectivity index (χ0v) is 15.5. The summed E-state index contributed by atoms with van der Waals surface area (Å²) in [5.41, 5.74) is 0.199. The Hall–Kier alpha value is -2.68. The van der Waals surface area contributed by atoms with Gasteiger partial charge in [0.05, 0.1) is 25.4 Å². The number of carbonyl (C=O) groups is 1. The lowest BCUT2D eigenvalue weighted by atomic mass is 10.1. The van der Waals surface area contributed by atoms with Crippen LogP contribution in [-0.4, -0.2) is 42.2 Å². The number of aromatic nitrogens is 2. The summed E-state index contributed by atoms with van der Waals surface area (Å²) in [6.07, 6.45) is -4.05. The molecule has 1 atom stereocenters. The van der Waals surface area contributed by atoms with Gasteiger partial charge in [-0.3, -0.25) is 0 Å². The average Bonchev–Trinajstić information content (AvgIpc) is 3.14. The standard InChI is InChI=1S/C19H20F3N3O3/c1-12-9-16(17(26)27-2)24-18(23-12)25-8-7-14(10-25)28-11-13-5-3-4-6-15(13)19(20,21)22/h3-6,9,14H,7-8,10-11H2,1-2H3. The van der Waals surface area contributed by atoms with Gasteiger partial charge in [0, 0.05) is 18.8 Å². The lowest BCUT2D eigenvalue weighted by Gasteiger charge is -2.18. The van der Waals surface area contributed by atoms with Crippen LogP contribution < -0.4 is 4.90 Å². The number of aryl methyl sites for hydroxylation is 1. The van der Waals surface area contributed by atoms with Crippen molar-refractivity contribution in [3.8, 4) is 0 Å². The Morgan fingerprint density at radius 2 is 2.04 bits per heavy atom. The Balaban J connectivity index is 1.66. The Kier molecular flexibility index (Phi) is 5.83. The topological polar surface area (TPSA) is 64.5 Å². The number of methoxy groups -OCH3 is 1. The van der Waals surface area contributed by atoms with E-state index in [-0.39, 0.29) is 24.0 Å². The number of rotatable bonds is 5. The molecule has 1 unspecified atom stereocenters. The van der Waals surface area contributed by atoms with E-state index >= 15 is 0 Å². The van der Waals surface area contributed by atoms with E-state index in [1.54, 1.807) is 13.0 Å². The van der Waals surface area contributed by atoms with Crippen molar-refractivity contribution in [1.29, 1.82) is 0 Å². The fraction of sp³-hybridized carbons (Fsp3) is 0.421. The molecule has 0 radical (unpaired) electrons. The molecule has 2 aromatic rings. The maximum atomic E-state index is 13.1. The molecule has 0 aliphatic carbocycles.